The third-order valence-electron chi connectivity index (χ3n) is 6.71. The van der Waals surface area contributed by atoms with Gasteiger partial charge in [-0.3, -0.25) is 14.6 Å². The van der Waals surface area contributed by atoms with Crippen LogP contribution in [0.2, 0.25) is 0 Å². The Morgan fingerprint density at radius 1 is 1.21 bits per heavy atom. The standard InChI is InChI=1S/C26H35N3O4/c1-6-28-18(4)22(17(3)23(28)26(32)33-7-2)24(30)19(5)29(16-20-11-10-14-27-15-20)25(31)21-12-8-9-13-21/h10-11,14-15,19,21H,6-9,12-13,16H2,1-5H3. The van der Waals surface area contributed by atoms with Gasteiger partial charge < -0.3 is 14.2 Å². The quantitative estimate of drug-likeness (QED) is 0.413. The van der Waals surface area contributed by atoms with Gasteiger partial charge in [-0.2, -0.15) is 0 Å². The number of carbonyl (C=O) groups excluding carboxylic acids is 3. The van der Waals surface area contributed by atoms with E-state index in [4.69, 9.17) is 4.74 Å². The van der Waals surface area contributed by atoms with Crippen molar-refractivity contribution in [3.63, 3.8) is 0 Å². The molecule has 0 spiro atoms. The first-order valence-electron chi connectivity index (χ1n) is 11.9. The summed E-state index contributed by atoms with van der Waals surface area (Å²) in [5, 5.41) is 0. The number of esters is 1. The minimum atomic E-state index is -0.668. The van der Waals surface area contributed by atoms with Gasteiger partial charge in [0.1, 0.15) is 5.69 Å². The topological polar surface area (TPSA) is 81.5 Å². The first kappa shape index (κ1) is 24.7. The van der Waals surface area contributed by atoms with Crippen LogP contribution in [0.25, 0.3) is 0 Å². The van der Waals surface area contributed by atoms with Crippen LogP contribution >= 0.6 is 0 Å². The van der Waals surface area contributed by atoms with Crippen molar-refractivity contribution in [3.8, 4) is 0 Å². The summed E-state index contributed by atoms with van der Waals surface area (Å²) in [6, 6.07) is 3.09. The molecule has 7 heteroatoms. The van der Waals surface area contributed by atoms with E-state index in [1.165, 1.54) is 0 Å². The zero-order valence-electron chi connectivity index (χ0n) is 20.4. The maximum absolute atomic E-state index is 13.8. The lowest BCUT2D eigenvalue weighted by Crippen LogP contribution is -2.45. The van der Waals surface area contributed by atoms with Crippen LogP contribution in [0, 0.1) is 19.8 Å². The lowest BCUT2D eigenvalue weighted by atomic mass is 9.97. The maximum atomic E-state index is 13.8. The normalized spacial score (nSPS) is 14.8. The van der Waals surface area contributed by atoms with Gasteiger partial charge in [0.05, 0.1) is 12.6 Å². The summed E-state index contributed by atoms with van der Waals surface area (Å²) in [5.74, 6) is -0.610. The number of rotatable bonds is 9. The van der Waals surface area contributed by atoms with Gasteiger partial charge in [-0.05, 0) is 64.7 Å². The molecule has 0 N–H and O–H groups in total. The van der Waals surface area contributed by atoms with Gasteiger partial charge in [-0.1, -0.05) is 18.9 Å². The molecule has 1 aliphatic rings. The SMILES string of the molecule is CCOC(=O)c1c(C)c(C(=O)C(C)N(Cc2cccnc2)C(=O)C2CCCC2)c(C)n1CC. The van der Waals surface area contributed by atoms with Crippen molar-refractivity contribution in [1.29, 1.82) is 0 Å². The van der Waals surface area contributed by atoms with E-state index >= 15 is 0 Å². The van der Waals surface area contributed by atoms with Crippen LogP contribution in [0.3, 0.4) is 0 Å². The number of hydrogen-bond acceptors (Lipinski definition) is 5. The van der Waals surface area contributed by atoms with Gasteiger partial charge >= 0.3 is 5.97 Å². The fraction of sp³-hybridized carbons (Fsp3) is 0.538. The van der Waals surface area contributed by atoms with Gasteiger partial charge in [-0.15, -0.1) is 0 Å². The molecule has 3 rings (SSSR count). The van der Waals surface area contributed by atoms with Crippen molar-refractivity contribution in [1.82, 2.24) is 14.5 Å². The highest BCUT2D eigenvalue weighted by atomic mass is 16.5. The number of pyridine rings is 1. The molecule has 1 unspecified atom stereocenters. The summed E-state index contributed by atoms with van der Waals surface area (Å²) in [6.45, 7) is 10.3. The summed E-state index contributed by atoms with van der Waals surface area (Å²) < 4.78 is 7.08. The molecule has 1 amide bonds. The second-order valence-electron chi connectivity index (χ2n) is 8.75. The van der Waals surface area contributed by atoms with E-state index in [0.717, 1.165) is 36.9 Å². The highest BCUT2D eigenvalue weighted by Crippen LogP contribution is 2.30. The fourth-order valence-corrected chi connectivity index (χ4v) is 4.97. The third kappa shape index (κ3) is 5.02. The van der Waals surface area contributed by atoms with Gasteiger partial charge in [0, 0.05) is 42.7 Å². The molecule has 7 nitrogen and oxygen atoms in total. The Labute approximate surface area is 196 Å². The molecule has 0 radical (unpaired) electrons. The zero-order valence-corrected chi connectivity index (χ0v) is 20.4. The zero-order chi connectivity index (χ0) is 24.1. The monoisotopic (exact) mass is 453 g/mol. The number of carbonyl (C=O) groups is 3. The van der Waals surface area contributed by atoms with Crippen molar-refractivity contribution in [3.05, 3.63) is 52.6 Å². The fourth-order valence-electron chi connectivity index (χ4n) is 4.97. The molecule has 0 bridgehead atoms. The van der Waals surface area contributed by atoms with Crippen LogP contribution in [-0.4, -0.2) is 44.8 Å². The number of nitrogens with zero attached hydrogens (tertiary/aromatic N) is 3. The van der Waals surface area contributed by atoms with Crippen molar-refractivity contribution < 1.29 is 19.1 Å². The van der Waals surface area contributed by atoms with Crippen molar-refractivity contribution in [2.45, 2.75) is 79.4 Å². The van der Waals surface area contributed by atoms with Gasteiger partial charge in [0.25, 0.3) is 0 Å². The van der Waals surface area contributed by atoms with Crippen LogP contribution in [-0.2, 0) is 22.6 Å². The summed E-state index contributed by atoms with van der Waals surface area (Å²) in [6.07, 6.45) is 7.23. The van der Waals surface area contributed by atoms with Crippen LogP contribution in [0.1, 0.15) is 84.1 Å². The Bertz CT molecular complexity index is 1010. The average molecular weight is 454 g/mol. The first-order valence-corrected chi connectivity index (χ1v) is 11.9. The largest absolute Gasteiger partial charge is 0.461 e. The van der Waals surface area contributed by atoms with Gasteiger partial charge in [-0.25, -0.2) is 4.79 Å². The molecule has 1 atom stereocenters. The molecule has 2 aromatic heterocycles. The lowest BCUT2D eigenvalue weighted by Gasteiger charge is -2.31. The van der Waals surface area contributed by atoms with E-state index in [2.05, 4.69) is 4.98 Å². The van der Waals surface area contributed by atoms with Crippen LogP contribution in [0.5, 0.6) is 0 Å². The molecule has 1 fully saturated rings. The summed E-state index contributed by atoms with van der Waals surface area (Å²) >= 11 is 0. The Hall–Kier alpha value is -2.96. The van der Waals surface area contributed by atoms with E-state index < -0.39 is 12.0 Å². The molecular formula is C26H35N3O4. The second-order valence-corrected chi connectivity index (χ2v) is 8.75. The number of ether oxygens (including phenoxy) is 1. The molecule has 1 saturated carbocycles. The van der Waals surface area contributed by atoms with Gasteiger partial charge in [0.15, 0.2) is 5.78 Å². The number of amides is 1. The number of aromatic nitrogens is 2. The van der Waals surface area contributed by atoms with Crippen molar-refractivity contribution >= 4 is 17.7 Å². The van der Waals surface area contributed by atoms with E-state index in [9.17, 15) is 14.4 Å². The summed E-state index contributed by atoms with van der Waals surface area (Å²) in [5.41, 5.74) is 3.13. The highest BCUT2D eigenvalue weighted by molar-refractivity contribution is 6.06. The number of ketones is 1. The molecular weight excluding hydrogens is 418 g/mol. The predicted octanol–water partition coefficient (Wildman–Crippen LogP) is 4.49. The first-order chi connectivity index (χ1) is 15.8. The minimum Gasteiger partial charge on any atom is -0.461 e. The molecule has 0 aromatic carbocycles. The highest BCUT2D eigenvalue weighted by Gasteiger charge is 2.36. The molecule has 0 saturated heterocycles. The smallest absolute Gasteiger partial charge is 0.355 e. The predicted molar refractivity (Wildman–Crippen MR) is 126 cm³/mol. The second kappa shape index (κ2) is 10.8. The van der Waals surface area contributed by atoms with E-state index in [-0.39, 0.29) is 24.2 Å². The maximum Gasteiger partial charge on any atom is 0.355 e. The number of Topliss-reactive ketones (excluding diaryl/α,β-unsaturated/α-hetero) is 1. The Morgan fingerprint density at radius 3 is 2.48 bits per heavy atom. The Morgan fingerprint density at radius 2 is 1.91 bits per heavy atom. The van der Waals surface area contributed by atoms with Gasteiger partial charge in [0.2, 0.25) is 5.91 Å². The van der Waals surface area contributed by atoms with Crippen molar-refractivity contribution in [2.24, 2.45) is 5.92 Å². The van der Waals surface area contributed by atoms with Crippen LogP contribution in [0.15, 0.2) is 24.5 Å². The number of hydrogen-bond donors (Lipinski definition) is 0. The lowest BCUT2D eigenvalue weighted by molar-refractivity contribution is -0.137. The van der Waals surface area contributed by atoms with E-state index in [0.29, 0.717) is 29.9 Å². The molecule has 2 aromatic rings. The van der Waals surface area contributed by atoms with E-state index in [1.54, 1.807) is 38.1 Å². The Balaban J connectivity index is 1.99. The summed E-state index contributed by atoms with van der Waals surface area (Å²) in [4.78, 5) is 45.8. The average Bonchev–Trinajstić information content (AvgIpc) is 3.43. The molecule has 33 heavy (non-hydrogen) atoms. The van der Waals surface area contributed by atoms with E-state index in [1.807, 2.05) is 30.5 Å². The van der Waals surface area contributed by atoms with Crippen molar-refractivity contribution in [2.75, 3.05) is 6.61 Å². The third-order valence-corrected chi connectivity index (χ3v) is 6.71. The van der Waals surface area contributed by atoms with Crippen LogP contribution < -0.4 is 0 Å². The molecule has 2 heterocycles. The molecule has 1 aliphatic carbocycles. The summed E-state index contributed by atoms with van der Waals surface area (Å²) in [7, 11) is 0. The Kier molecular flexibility index (Phi) is 8.06. The minimum absolute atomic E-state index is 0.0213. The molecule has 0 aliphatic heterocycles. The molecule has 178 valence electrons. The van der Waals surface area contributed by atoms with Crippen LogP contribution in [0.4, 0.5) is 0 Å².